The number of rotatable bonds is 2. The highest BCUT2D eigenvalue weighted by Gasteiger charge is 2.36. The van der Waals surface area contributed by atoms with E-state index in [-0.39, 0.29) is 18.6 Å². The average Bonchev–Trinajstić information content (AvgIpc) is 2.33. The van der Waals surface area contributed by atoms with E-state index in [1.807, 2.05) is 37.9 Å². The highest BCUT2D eigenvalue weighted by Crippen LogP contribution is 2.24. The standard InChI is InChI=1S/C15H22N2O2/c1-10-5-11(2)7-13(6-10)17-8-12(3)16(4)14(9-18)15(17)19/h5-7,12,14,18H,8-9H2,1-4H3. The summed E-state index contributed by atoms with van der Waals surface area (Å²) in [5, 5.41) is 9.43. The Labute approximate surface area is 114 Å². The van der Waals surface area contributed by atoms with Crippen molar-refractivity contribution in [3.8, 4) is 0 Å². The fourth-order valence-electron chi connectivity index (χ4n) is 2.69. The van der Waals surface area contributed by atoms with Crippen molar-refractivity contribution in [2.24, 2.45) is 0 Å². The van der Waals surface area contributed by atoms with Crippen LogP contribution in [0.25, 0.3) is 0 Å². The number of hydrogen-bond acceptors (Lipinski definition) is 3. The summed E-state index contributed by atoms with van der Waals surface area (Å²) in [7, 11) is 1.89. The molecule has 1 aromatic rings. The topological polar surface area (TPSA) is 43.8 Å². The number of aliphatic hydroxyl groups is 1. The van der Waals surface area contributed by atoms with Gasteiger partial charge in [0, 0.05) is 18.3 Å². The second kappa shape index (κ2) is 5.31. The number of hydrogen-bond donors (Lipinski definition) is 1. The van der Waals surface area contributed by atoms with Gasteiger partial charge in [0.15, 0.2) is 0 Å². The Morgan fingerprint density at radius 2 is 1.84 bits per heavy atom. The predicted molar refractivity (Wildman–Crippen MR) is 76.4 cm³/mol. The van der Waals surface area contributed by atoms with Gasteiger partial charge in [-0.05, 0) is 51.1 Å². The predicted octanol–water partition coefficient (Wildman–Crippen LogP) is 1.33. The quantitative estimate of drug-likeness (QED) is 0.874. The molecule has 4 heteroatoms. The Morgan fingerprint density at radius 1 is 1.26 bits per heavy atom. The molecule has 1 fully saturated rings. The van der Waals surface area contributed by atoms with E-state index in [2.05, 4.69) is 13.0 Å². The number of likely N-dealkylation sites (N-methyl/N-ethyl adjacent to an activating group) is 1. The molecule has 0 saturated carbocycles. The van der Waals surface area contributed by atoms with Crippen LogP contribution in [0.4, 0.5) is 5.69 Å². The van der Waals surface area contributed by atoms with E-state index in [1.165, 1.54) is 0 Å². The summed E-state index contributed by atoms with van der Waals surface area (Å²) in [6.07, 6.45) is 0. The van der Waals surface area contributed by atoms with E-state index < -0.39 is 6.04 Å². The van der Waals surface area contributed by atoms with Gasteiger partial charge in [-0.2, -0.15) is 0 Å². The van der Waals surface area contributed by atoms with Gasteiger partial charge >= 0.3 is 0 Å². The van der Waals surface area contributed by atoms with Gasteiger partial charge in [0.2, 0.25) is 5.91 Å². The number of nitrogens with zero attached hydrogens (tertiary/aromatic N) is 2. The number of amides is 1. The van der Waals surface area contributed by atoms with Gasteiger partial charge in [-0.25, -0.2) is 0 Å². The van der Waals surface area contributed by atoms with Crippen LogP contribution in [0, 0.1) is 13.8 Å². The minimum Gasteiger partial charge on any atom is -0.394 e. The lowest BCUT2D eigenvalue weighted by Gasteiger charge is -2.42. The molecule has 1 aliphatic heterocycles. The zero-order valence-electron chi connectivity index (χ0n) is 12.1. The molecule has 1 heterocycles. The normalized spacial score (nSPS) is 24.9. The molecule has 1 aromatic carbocycles. The highest BCUT2D eigenvalue weighted by molar-refractivity contribution is 5.98. The first kappa shape index (κ1) is 14.0. The van der Waals surface area contributed by atoms with Crippen molar-refractivity contribution in [3.63, 3.8) is 0 Å². The van der Waals surface area contributed by atoms with Gasteiger partial charge in [0.25, 0.3) is 0 Å². The van der Waals surface area contributed by atoms with E-state index in [0.29, 0.717) is 6.54 Å². The lowest BCUT2D eigenvalue weighted by Crippen LogP contribution is -2.61. The number of carbonyl (C=O) groups excluding carboxylic acids is 1. The van der Waals surface area contributed by atoms with Crippen molar-refractivity contribution in [2.75, 3.05) is 25.1 Å². The van der Waals surface area contributed by atoms with Gasteiger partial charge in [-0.1, -0.05) is 6.07 Å². The molecule has 1 amide bonds. The number of aryl methyl sites for hydroxylation is 2. The van der Waals surface area contributed by atoms with Crippen LogP contribution < -0.4 is 4.90 Å². The van der Waals surface area contributed by atoms with Crippen molar-refractivity contribution < 1.29 is 9.90 Å². The van der Waals surface area contributed by atoms with Gasteiger partial charge < -0.3 is 10.0 Å². The third kappa shape index (κ3) is 2.65. The number of carbonyl (C=O) groups is 1. The molecule has 2 atom stereocenters. The Balaban J connectivity index is 2.35. The van der Waals surface area contributed by atoms with Crippen molar-refractivity contribution >= 4 is 11.6 Å². The summed E-state index contributed by atoms with van der Waals surface area (Å²) in [6, 6.07) is 5.94. The molecule has 0 spiro atoms. The SMILES string of the molecule is Cc1cc(C)cc(N2CC(C)N(C)C(CO)C2=O)c1. The fourth-order valence-corrected chi connectivity index (χ4v) is 2.69. The van der Waals surface area contributed by atoms with Gasteiger partial charge in [-0.3, -0.25) is 9.69 Å². The molecular weight excluding hydrogens is 240 g/mol. The third-order valence-corrected chi connectivity index (χ3v) is 3.88. The number of benzene rings is 1. The maximum absolute atomic E-state index is 12.5. The van der Waals surface area contributed by atoms with Gasteiger partial charge in [-0.15, -0.1) is 0 Å². The molecule has 1 saturated heterocycles. The smallest absolute Gasteiger partial charge is 0.246 e. The number of piperazine rings is 1. The van der Waals surface area contributed by atoms with Crippen LogP contribution in [0.5, 0.6) is 0 Å². The lowest BCUT2D eigenvalue weighted by atomic mass is 10.0. The molecule has 2 rings (SSSR count). The Morgan fingerprint density at radius 3 is 2.37 bits per heavy atom. The molecule has 0 aliphatic carbocycles. The molecular formula is C15H22N2O2. The largest absolute Gasteiger partial charge is 0.394 e. The summed E-state index contributed by atoms with van der Waals surface area (Å²) < 4.78 is 0. The van der Waals surface area contributed by atoms with Crippen LogP contribution in [0.2, 0.25) is 0 Å². The summed E-state index contributed by atoms with van der Waals surface area (Å²) in [5.74, 6) is -0.0203. The highest BCUT2D eigenvalue weighted by atomic mass is 16.3. The average molecular weight is 262 g/mol. The van der Waals surface area contributed by atoms with E-state index >= 15 is 0 Å². The zero-order chi connectivity index (χ0) is 14.2. The monoisotopic (exact) mass is 262 g/mol. The summed E-state index contributed by atoms with van der Waals surface area (Å²) in [4.78, 5) is 16.2. The zero-order valence-corrected chi connectivity index (χ0v) is 12.1. The minimum atomic E-state index is -0.440. The van der Waals surface area contributed by atoms with Crippen LogP contribution in [0.3, 0.4) is 0 Å². The summed E-state index contributed by atoms with van der Waals surface area (Å²) in [6.45, 7) is 6.66. The van der Waals surface area contributed by atoms with Crippen molar-refractivity contribution in [1.82, 2.24) is 4.90 Å². The van der Waals surface area contributed by atoms with Crippen LogP contribution >= 0.6 is 0 Å². The number of anilines is 1. The maximum atomic E-state index is 12.5. The summed E-state index contributed by atoms with van der Waals surface area (Å²) >= 11 is 0. The fraction of sp³-hybridized carbons (Fsp3) is 0.533. The second-order valence-corrected chi connectivity index (χ2v) is 5.51. The van der Waals surface area contributed by atoms with Gasteiger partial charge in [0.05, 0.1) is 6.61 Å². The van der Waals surface area contributed by atoms with Crippen LogP contribution in [-0.4, -0.2) is 48.2 Å². The van der Waals surface area contributed by atoms with Crippen molar-refractivity contribution in [3.05, 3.63) is 29.3 Å². The Hall–Kier alpha value is -1.39. The second-order valence-electron chi connectivity index (χ2n) is 5.51. The third-order valence-electron chi connectivity index (χ3n) is 3.88. The Kier molecular flexibility index (Phi) is 3.92. The molecule has 4 nitrogen and oxygen atoms in total. The van der Waals surface area contributed by atoms with E-state index in [1.54, 1.807) is 4.90 Å². The summed E-state index contributed by atoms with van der Waals surface area (Å²) in [5.41, 5.74) is 3.23. The van der Waals surface area contributed by atoms with E-state index in [0.717, 1.165) is 16.8 Å². The first-order valence-corrected chi connectivity index (χ1v) is 6.66. The van der Waals surface area contributed by atoms with Gasteiger partial charge in [0.1, 0.15) is 6.04 Å². The van der Waals surface area contributed by atoms with E-state index in [4.69, 9.17) is 0 Å². The first-order chi connectivity index (χ1) is 8.93. The minimum absolute atomic E-state index is 0.0203. The molecule has 0 radical (unpaired) electrons. The van der Waals surface area contributed by atoms with Crippen LogP contribution in [0.15, 0.2) is 18.2 Å². The van der Waals surface area contributed by atoms with Crippen molar-refractivity contribution in [2.45, 2.75) is 32.9 Å². The molecule has 0 bridgehead atoms. The maximum Gasteiger partial charge on any atom is 0.246 e. The van der Waals surface area contributed by atoms with Crippen molar-refractivity contribution in [1.29, 1.82) is 0 Å². The molecule has 19 heavy (non-hydrogen) atoms. The first-order valence-electron chi connectivity index (χ1n) is 6.66. The van der Waals surface area contributed by atoms with Crippen LogP contribution in [0.1, 0.15) is 18.1 Å². The molecule has 1 aliphatic rings. The molecule has 2 unspecified atom stereocenters. The van der Waals surface area contributed by atoms with Crippen LogP contribution in [-0.2, 0) is 4.79 Å². The Bertz CT molecular complexity index is 467. The number of aliphatic hydroxyl groups excluding tert-OH is 1. The lowest BCUT2D eigenvalue weighted by molar-refractivity contribution is -0.128. The van der Waals surface area contributed by atoms with E-state index in [9.17, 15) is 9.90 Å². The molecule has 104 valence electrons. The molecule has 1 N–H and O–H groups in total. The molecule has 0 aromatic heterocycles.